The van der Waals surface area contributed by atoms with Crippen LogP contribution in [-0.2, 0) is 0 Å². The van der Waals surface area contributed by atoms with Crippen molar-refractivity contribution in [3.8, 4) is 44.5 Å². The van der Waals surface area contributed by atoms with Crippen LogP contribution in [0.5, 0.6) is 0 Å². The highest BCUT2D eigenvalue weighted by Crippen LogP contribution is 2.42. The minimum Gasteiger partial charge on any atom is -0.311 e. The van der Waals surface area contributed by atoms with Crippen LogP contribution < -0.4 is 4.90 Å². The summed E-state index contributed by atoms with van der Waals surface area (Å²) in [7, 11) is 0. The standard InChI is InChI=1S/C60H43N/c1-3-14-42(15-4-1)43-26-33-50(34-27-43)61(52-37-30-47(31-38-52)60-40-48-19-8-10-22-55(48)57-23-11-12-24-58(57)60)51-35-28-46(29-36-51)59-41-49(32-39-56(59)44-16-5-2-6-17-44)54-25-13-20-45-18-7-9-21-53(45)54/h1-30,32-41,47H,31H2. The van der Waals surface area contributed by atoms with Crippen LogP contribution in [0, 0.1) is 0 Å². The predicted molar refractivity (Wildman–Crippen MR) is 260 cm³/mol. The molecule has 0 radical (unpaired) electrons. The average Bonchev–Trinajstić information content (AvgIpc) is 3.35. The molecule has 11 rings (SSSR count). The van der Waals surface area contributed by atoms with E-state index in [0.717, 1.165) is 17.8 Å². The molecule has 0 spiro atoms. The van der Waals surface area contributed by atoms with Crippen LogP contribution >= 0.6 is 0 Å². The Morgan fingerprint density at radius 3 is 1.59 bits per heavy atom. The molecule has 1 nitrogen and oxygen atoms in total. The second-order valence-corrected chi connectivity index (χ2v) is 16.0. The molecule has 0 amide bonds. The van der Waals surface area contributed by atoms with Crippen molar-refractivity contribution in [2.45, 2.75) is 12.3 Å². The highest BCUT2D eigenvalue weighted by atomic mass is 15.1. The molecule has 1 aliphatic rings. The van der Waals surface area contributed by atoms with Gasteiger partial charge in [-0.25, -0.2) is 0 Å². The van der Waals surface area contributed by atoms with E-state index in [1.54, 1.807) is 0 Å². The first-order chi connectivity index (χ1) is 30.2. The molecular formula is C60H43N. The summed E-state index contributed by atoms with van der Waals surface area (Å²) in [5, 5.41) is 7.75. The van der Waals surface area contributed by atoms with Crippen LogP contribution in [0.2, 0.25) is 0 Å². The van der Waals surface area contributed by atoms with E-state index in [9.17, 15) is 0 Å². The number of hydrogen-bond acceptors (Lipinski definition) is 1. The first-order valence-electron chi connectivity index (χ1n) is 21.3. The highest BCUT2D eigenvalue weighted by Gasteiger charge is 2.21. The van der Waals surface area contributed by atoms with Crippen molar-refractivity contribution in [2.24, 2.45) is 0 Å². The summed E-state index contributed by atoms with van der Waals surface area (Å²) >= 11 is 0. The number of anilines is 2. The highest BCUT2D eigenvalue weighted by molar-refractivity contribution is 6.09. The van der Waals surface area contributed by atoms with E-state index in [4.69, 9.17) is 0 Å². The number of benzene rings is 10. The van der Waals surface area contributed by atoms with Gasteiger partial charge in [0.15, 0.2) is 0 Å². The maximum absolute atomic E-state index is 2.43. The van der Waals surface area contributed by atoms with Crippen molar-refractivity contribution in [2.75, 3.05) is 4.90 Å². The topological polar surface area (TPSA) is 3.24 Å². The Hall–Kier alpha value is -7.74. The van der Waals surface area contributed by atoms with Crippen LogP contribution in [0.3, 0.4) is 0 Å². The first kappa shape index (κ1) is 36.3. The molecular weight excluding hydrogens is 735 g/mol. The quantitative estimate of drug-likeness (QED) is 0.139. The molecule has 0 saturated heterocycles. The van der Waals surface area contributed by atoms with E-state index in [0.29, 0.717) is 0 Å². The van der Waals surface area contributed by atoms with Crippen molar-refractivity contribution >= 4 is 43.7 Å². The molecule has 0 N–H and O–H groups in total. The molecule has 1 atom stereocenters. The van der Waals surface area contributed by atoms with E-state index in [1.807, 2.05) is 0 Å². The Labute approximate surface area is 357 Å². The summed E-state index contributed by atoms with van der Waals surface area (Å²) in [6.45, 7) is 0. The summed E-state index contributed by atoms with van der Waals surface area (Å²) in [6, 6.07) is 81.8. The Morgan fingerprint density at radius 2 is 0.885 bits per heavy atom. The Bertz CT molecular complexity index is 3240. The van der Waals surface area contributed by atoms with Crippen molar-refractivity contribution < 1.29 is 0 Å². The number of hydrogen-bond donors (Lipinski definition) is 0. The molecule has 288 valence electrons. The van der Waals surface area contributed by atoms with E-state index in [1.165, 1.54) is 88.1 Å². The molecule has 0 saturated carbocycles. The van der Waals surface area contributed by atoms with Gasteiger partial charge in [0.05, 0.1) is 0 Å². The normalized spacial score (nSPS) is 13.7. The van der Waals surface area contributed by atoms with Gasteiger partial charge in [-0.1, -0.05) is 200 Å². The summed E-state index contributed by atoms with van der Waals surface area (Å²) in [6.07, 6.45) is 8.08. The zero-order valence-electron chi connectivity index (χ0n) is 33.8. The SMILES string of the molecule is C1=CC(c2cc3ccccc3c3ccccc23)CC=C1N(c1ccc(-c2ccccc2)cc1)c1ccc(-c2cc(-c3cccc4ccccc34)ccc2-c2ccccc2)cc1. The van der Waals surface area contributed by atoms with Gasteiger partial charge in [-0.3, -0.25) is 0 Å². The van der Waals surface area contributed by atoms with Gasteiger partial charge >= 0.3 is 0 Å². The van der Waals surface area contributed by atoms with Crippen LogP contribution in [-0.4, -0.2) is 0 Å². The minimum absolute atomic E-state index is 0.272. The zero-order valence-corrected chi connectivity index (χ0v) is 33.8. The third-order valence-corrected chi connectivity index (χ3v) is 12.4. The number of nitrogens with zero attached hydrogens (tertiary/aromatic N) is 1. The fourth-order valence-electron chi connectivity index (χ4n) is 9.36. The lowest BCUT2D eigenvalue weighted by Crippen LogP contribution is -2.17. The van der Waals surface area contributed by atoms with E-state index in [-0.39, 0.29) is 5.92 Å². The molecule has 1 unspecified atom stereocenters. The molecule has 0 fully saturated rings. The van der Waals surface area contributed by atoms with E-state index in [2.05, 4.69) is 248 Å². The van der Waals surface area contributed by atoms with Gasteiger partial charge < -0.3 is 4.90 Å². The summed E-state index contributed by atoms with van der Waals surface area (Å²) in [5.74, 6) is 0.272. The molecule has 0 aromatic heterocycles. The lowest BCUT2D eigenvalue weighted by molar-refractivity contribution is 0.848. The van der Waals surface area contributed by atoms with Crippen LogP contribution in [0.4, 0.5) is 11.4 Å². The number of rotatable bonds is 8. The van der Waals surface area contributed by atoms with Crippen LogP contribution in [0.1, 0.15) is 17.9 Å². The summed E-state index contributed by atoms with van der Waals surface area (Å²) < 4.78 is 0. The Balaban J connectivity index is 0.990. The lowest BCUT2D eigenvalue weighted by Gasteiger charge is -2.30. The first-order valence-corrected chi connectivity index (χ1v) is 21.3. The third kappa shape index (κ3) is 6.91. The number of allylic oxidation sites excluding steroid dienone is 3. The summed E-state index contributed by atoms with van der Waals surface area (Å²) in [5.41, 5.74) is 14.5. The van der Waals surface area contributed by atoms with Crippen LogP contribution in [0.15, 0.2) is 248 Å². The average molecular weight is 778 g/mol. The largest absolute Gasteiger partial charge is 0.311 e. The molecule has 0 aliphatic heterocycles. The minimum atomic E-state index is 0.272. The molecule has 1 aliphatic carbocycles. The van der Waals surface area contributed by atoms with Crippen LogP contribution in [0.25, 0.3) is 76.8 Å². The number of fused-ring (bicyclic) bond motifs is 4. The molecule has 1 heteroatoms. The second kappa shape index (κ2) is 15.8. The molecule has 61 heavy (non-hydrogen) atoms. The van der Waals surface area contributed by atoms with Gasteiger partial charge in [0, 0.05) is 23.0 Å². The maximum Gasteiger partial charge on any atom is 0.0461 e. The van der Waals surface area contributed by atoms with Gasteiger partial charge in [-0.05, 0) is 131 Å². The maximum atomic E-state index is 2.43. The van der Waals surface area contributed by atoms with E-state index >= 15 is 0 Å². The smallest absolute Gasteiger partial charge is 0.0461 e. The Morgan fingerprint density at radius 1 is 0.344 bits per heavy atom. The van der Waals surface area contributed by atoms with Gasteiger partial charge in [0.1, 0.15) is 0 Å². The zero-order chi connectivity index (χ0) is 40.5. The van der Waals surface area contributed by atoms with E-state index < -0.39 is 0 Å². The predicted octanol–water partition coefficient (Wildman–Crippen LogP) is 16.6. The fraction of sp³-hybridized carbons (Fsp3) is 0.0333. The molecule has 10 aromatic carbocycles. The van der Waals surface area contributed by atoms with Crippen molar-refractivity contribution in [1.29, 1.82) is 0 Å². The third-order valence-electron chi connectivity index (χ3n) is 12.4. The van der Waals surface area contributed by atoms with Gasteiger partial charge in [-0.15, -0.1) is 0 Å². The lowest BCUT2D eigenvalue weighted by atomic mass is 9.86. The second-order valence-electron chi connectivity index (χ2n) is 16.0. The fourth-order valence-corrected chi connectivity index (χ4v) is 9.36. The monoisotopic (exact) mass is 777 g/mol. The van der Waals surface area contributed by atoms with Gasteiger partial charge in [-0.2, -0.15) is 0 Å². The van der Waals surface area contributed by atoms with Gasteiger partial charge in [0.2, 0.25) is 0 Å². The molecule has 0 bridgehead atoms. The molecule has 0 heterocycles. The van der Waals surface area contributed by atoms with Crippen molar-refractivity contribution in [3.63, 3.8) is 0 Å². The van der Waals surface area contributed by atoms with Crippen molar-refractivity contribution in [1.82, 2.24) is 0 Å². The summed E-state index contributed by atoms with van der Waals surface area (Å²) in [4.78, 5) is 2.41. The Kier molecular flexibility index (Phi) is 9.41. The van der Waals surface area contributed by atoms with Gasteiger partial charge in [0.25, 0.3) is 0 Å². The molecule has 10 aromatic rings. The van der Waals surface area contributed by atoms with Crippen molar-refractivity contribution in [3.05, 3.63) is 254 Å².